The van der Waals surface area contributed by atoms with E-state index in [1.165, 1.54) is 0 Å². The maximum Gasteiger partial charge on any atom is 0.319 e. The topological polar surface area (TPSA) is 70.6 Å². The third-order valence-corrected chi connectivity index (χ3v) is 4.08. The quantitative estimate of drug-likeness (QED) is 0.800. The molecule has 1 aromatic carbocycles. The Morgan fingerprint density at radius 1 is 1.38 bits per heavy atom. The largest absolute Gasteiger partial charge is 0.495 e. The van der Waals surface area contributed by atoms with Gasteiger partial charge in [-0.1, -0.05) is 11.6 Å². The molecule has 2 amide bonds. The van der Waals surface area contributed by atoms with Crippen LogP contribution in [-0.4, -0.2) is 30.9 Å². The van der Waals surface area contributed by atoms with E-state index in [1.807, 2.05) is 0 Å². The van der Waals surface area contributed by atoms with Gasteiger partial charge in [-0.2, -0.15) is 0 Å². The summed E-state index contributed by atoms with van der Waals surface area (Å²) in [5, 5.41) is 15.4. The molecule has 0 saturated heterocycles. The van der Waals surface area contributed by atoms with Gasteiger partial charge in [-0.15, -0.1) is 0 Å². The molecule has 0 spiro atoms. The van der Waals surface area contributed by atoms with E-state index in [0.717, 1.165) is 25.7 Å². The number of anilines is 1. The highest BCUT2D eigenvalue weighted by molar-refractivity contribution is 6.31. The molecule has 0 atom stereocenters. The molecular formula is C15H21ClN2O3. The maximum atomic E-state index is 12.0. The second-order valence-electron chi connectivity index (χ2n) is 5.34. The molecule has 0 radical (unpaired) electrons. The number of benzene rings is 1. The minimum atomic E-state index is -0.261. The summed E-state index contributed by atoms with van der Waals surface area (Å²) in [6.07, 6.45) is 3.68. The van der Waals surface area contributed by atoms with Crippen molar-refractivity contribution in [1.82, 2.24) is 5.32 Å². The van der Waals surface area contributed by atoms with Crippen molar-refractivity contribution in [2.24, 2.45) is 5.92 Å². The van der Waals surface area contributed by atoms with Crippen LogP contribution in [-0.2, 0) is 0 Å². The number of methoxy groups -OCH3 is 1. The zero-order valence-corrected chi connectivity index (χ0v) is 12.8. The predicted molar refractivity (Wildman–Crippen MR) is 83.0 cm³/mol. The van der Waals surface area contributed by atoms with E-state index in [9.17, 15) is 4.79 Å². The van der Waals surface area contributed by atoms with Crippen LogP contribution in [0.25, 0.3) is 0 Å². The van der Waals surface area contributed by atoms with Gasteiger partial charge in [-0.25, -0.2) is 4.79 Å². The Labute approximate surface area is 129 Å². The molecule has 1 aliphatic carbocycles. The summed E-state index contributed by atoms with van der Waals surface area (Å²) in [5.74, 6) is 0.942. The fourth-order valence-corrected chi connectivity index (χ4v) is 2.78. The zero-order chi connectivity index (χ0) is 15.2. The summed E-state index contributed by atoms with van der Waals surface area (Å²) in [7, 11) is 1.54. The number of urea groups is 1. The van der Waals surface area contributed by atoms with Gasteiger partial charge in [0, 0.05) is 17.7 Å². The first kappa shape index (κ1) is 15.9. The number of halogens is 1. The normalized spacial score (nSPS) is 21.7. The average molecular weight is 313 g/mol. The number of aliphatic hydroxyl groups is 1. The fraction of sp³-hybridized carbons (Fsp3) is 0.533. The molecule has 1 saturated carbocycles. The summed E-state index contributed by atoms with van der Waals surface area (Å²) in [6, 6.07) is 4.97. The van der Waals surface area contributed by atoms with Gasteiger partial charge in [0.15, 0.2) is 0 Å². The predicted octanol–water partition coefficient (Wildman–Crippen LogP) is 3.02. The van der Waals surface area contributed by atoms with E-state index < -0.39 is 0 Å². The molecule has 3 N–H and O–H groups in total. The van der Waals surface area contributed by atoms with Crippen LogP contribution in [0.15, 0.2) is 18.2 Å². The number of carbonyl (C=O) groups is 1. The molecule has 6 heteroatoms. The lowest BCUT2D eigenvalue weighted by Gasteiger charge is -2.28. The number of hydrogen-bond acceptors (Lipinski definition) is 3. The third kappa shape index (κ3) is 4.51. The van der Waals surface area contributed by atoms with Crippen LogP contribution in [0.1, 0.15) is 25.7 Å². The molecule has 0 aliphatic heterocycles. The SMILES string of the molecule is COc1ccc(Cl)cc1NC(=O)NC1CCC(CO)CC1. The van der Waals surface area contributed by atoms with Gasteiger partial charge in [0.2, 0.25) is 0 Å². The van der Waals surface area contributed by atoms with Gasteiger partial charge in [0.25, 0.3) is 0 Å². The fourth-order valence-electron chi connectivity index (χ4n) is 2.61. The number of nitrogens with one attached hydrogen (secondary N) is 2. The Balaban J connectivity index is 1.89. The second-order valence-corrected chi connectivity index (χ2v) is 5.78. The zero-order valence-electron chi connectivity index (χ0n) is 12.1. The first-order valence-electron chi connectivity index (χ1n) is 7.14. The first-order chi connectivity index (χ1) is 10.1. The van der Waals surface area contributed by atoms with Crippen molar-refractivity contribution in [2.45, 2.75) is 31.7 Å². The van der Waals surface area contributed by atoms with Crippen molar-refractivity contribution in [3.8, 4) is 5.75 Å². The lowest BCUT2D eigenvalue weighted by Crippen LogP contribution is -2.40. The molecule has 0 bridgehead atoms. The number of amides is 2. The molecule has 116 valence electrons. The molecule has 0 aromatic heterocycles. The Hall–Kier alpha value is -1.46. The van der Waals surface area contributed by atoms with Crippen molar-refractivity contribution in [2.75, 3.05) is 19.0 Å². The van der Waals surface area contributed by atoms with Gasteiger partial charge in [0.05, 0.1) is 12.8 Å². The average Bonchev–Trinajstić information content (AvgIpc) is 2.48. The number of rotatable bonds is 4. The number of ether oxygens (including phenoxy) is 1. The molecule has 2 rings (SSSR count). The van der Waals surface area contributed by atoms with E-state index in [0.29, 0.717) is 22.4 Å². The van der Waals surface area contributed by atoms with Gasteiger partial charge >= 0.3 is 6.03 Å². The summed E-state index contributed by atoms with van der Waals surface area (Å²) in [4.78, 5) is 12.0. The van der Waals surface area contributed by atoms with Crippen LogP contribution in [0, 0.1) is 5.92 Å². The Morgan fingerprint density at radius 3 is 2.71 bits per heavy atom. The molecular weight excluding hydrogens is 292 g/mol. The summed E-state index contributed by atoms with van der Waals surface area (Å²) in [6.45, 7) is 0.235. The Kier molecular flexibility index (Phi) is 5.70. The molecule has 1 fully saturated rings. The van der Waals surface area contributed by atoms with Crippen LogP contribution < -0.4 is 15.4 Å². The molecule has 0 unspecified atom stereocenters. The smallest absolute Gasteiger partial charge is 0.319 e. The number of carbonyl (C=O) groups excluding carboxylic acids is 1. The van der Waals surface area contributed by atoms with Crippen LogP contribution in [0.4, 0.5) is 10.5 Å². The maximum absolute atomic E-state index is 12.0. The van der Waals surface area contributed by atoms with Crippen LogP contribution >= 0.6 is 11.6 Å². The van der Waals surface area contributed by atoms with Gasteiger partial charge in [0.1, 0.15) is 5.75 Å². The third-order valence-electron chi connectivity index (χ3n) is 3.85. The summed E-state index contributed by atoms with van der Waals surface area (Å²) >= 11 is 5.93. The minimum Gasteiger partial charge on any atom is -0.495 e. The van der Waals surface area contributed by atoms with Crippen molar-refractivity contribution in [3.05, 3.63) is 23.2 Å². The lowest BCUT2D eigenvalue weighted by atomic mass is 9.87. The van der Waals surface area contributed by atoms with Crippen molar-refractivity contribution < 1.29 is 14.6 Å². The van der Waals surface area contributed by atoms with Crippen LogP contribution in [0.3, 0.4) is 0 Å². The van der Waals surface area contributed by atoms with Crippen molar-refractivity contribution in [3.63, 3.8) is 0 Å². The van der Waals surface area contributed by atoms with Crippen molar-refractivity contribution in [1.29, 1.82) is 0 Å². The van der Waals surface area contributed by atoms with Crippen LogP contribution in [0.5, 0.6) is 5.75 Å². The van der Waals surface area contributed by atoms with Gasteiger partial charge < -0.3 is 20.5 Å². The number of aliphatic hydroxyl groups excluding tert-OH is 1. The van der Waals surface area contributed by atoms with E-state index in [1.54, 1.807) is 25.3 Å². The standard InChI is InChI=1S/C15H21ClN2O3/c1-21-14-7-4-11(16)8-13(14)18-15(20)17-12-5-2-10(9-19)3-6-12/h4,7-8,10,12,19H,2-3,5-6,9H2,1H3,(H2,17,18,20). The molecule has 0 heterocycles. The van der Waals surface area contributed by atoms with Gasteiger partial charge in [-0.3, -0.25) is 0 Å². The minimum absolute atomic E-state index is 0.151. The molecule has 1 aromatic rings. The second kappa shape index (κ2) is 7.52. The highest BCUT2D eigenvalue weighted by atomic mass is 35.5. The monoisotopic (exact) mass is 312 g/mol. The number of hydrogen-bond donors (Lipinski definition) is 3. The highest BCUT2D eigenvalue weighted by Gasteiger charge is 2.22. The van der Waals surface area contributed by atoms with Gasteiger partial charge in [-0.05, 0) is 49.8 Å². The highest BCUT2D eigenvalue weighted by Crippen LogP contribution is 2.28. The molecule has 5 nitrogen and oxygen atoms in total. The van der Waals surface area contributed by atoms with E-state index >= 15 is 0 Å². The van der Waals surface area contributed by atoms with E-state index in [2.05, 4.69) is 10.6 Å². The molecule has 1 aliphatic rings. The summed E-state index contributed by atoms with van der Waals surface area (Å²) in [5.41, 5.74) is 0.548. The molecule has 21 heavy (non-hydrogen) atoms. The lowest BCUT2D eigenvalue weighted by molar-refractivity contribution is 0.176. The van der Waals surface area contributed by atoms with E-state index in [4.69, 9.17) is 21.4 Å². The Bertz CT molecular complexity index is 488. The summed E-state index contributed by atoms with van der Waals surface area (Å²) < 4.78 is 5.19. The van der Waals surface area contributed by atoms with Crippen LogP contribution in [0.2, 0.25) is 5.02 Å². The van der Waals surface area contributed by atoms with E-state index in [-0.39, 0.29) is 18.7 Å². The Morgan fingerprint density at radius 2 is 2.10 bits per heavy atom. The van der Waals surface area contributed by atoms with Crippen molar-refractivity contribution >= 4 is 23.3 Å². The first-order valence-corrected chi connectivity index (χ1v) is 7.52.